The molecule has 23 heavy (non-hydrogen) atoms. The maximum atomic E-state index is 11.7. The number of carbonyl (C=O) groups excluding carboxylic acids is 2. The zero-order valence-corrected chi connectivity index (χ0v) is 13.9. The second-order valence-corrected chi connectivity index (χ2v) is 5.95. The summed E-state index contributed by atoms with van der Waals surface area (Å²) in [5, 5.41) is 17.6. The highest BCUT2D eigenvalue weighted by molar-refractivity contribution is 8.00. The molecule has 1 rings (SSSR count). The summed E-state index contributed by atoms with van der Waals surface area (Å²) in [6, 6.07) is 0.704. The van der Waals surface area contributed by atoms with Crippen molar-refractivity contribution >= 4 is 35.4 Å². The van der Waals surface area contributed by atoms with Gasteiger partial charge in [-0.1, -0.05) is 24.9 Å². The van der Waals surface area contributed by atoms with Gasteiger partial charge in [0.05, 0.1) is 11.5 Å². The van der Waals surface area contributed by atoms with Gasteiger partial charge in [0.25, 0.3) is 0 Å². The van der Waals surface area contributed by atoms with Crippen LogP contribution in [0.3, 0.4) is 0 Å². The normalized spacial score (nSPS) is 11.7. The van der Waals surface area contributed by atoms with Crippen LogP contribution in [0.15, 0.2) is 10.6 Å². The van der Waals surface area contributed by atoms with E-state index in [4.69, 9.17) is 9.63 Å². The minimum atomic E-state index is -1.05. The number of hydrogen-bond acceptors (Lipinski definition) is 6. The first-order valence-corrected chi connectivity index (χ1v) is 8.41. The van der Waals surface area contributed by atoms with Gasteiger partial charge in [-0.25, -0.2) is 4.79 Å². The van der Waals surface area contributed by atoms with Gasteiger partial charge in [0, 0.05) is 6.07 Å². The molecule has 0 radical (unpaired) electrons. The van der Waals surface area contributed by atoms with Crippen molar-refractivity contribution in [2.75, 3.05) is 16.8 Å². The molecule has 9 heteroatoms. The highest BCUT2D eigenvalue weighted by Gasteiger charge is 2.19. The van der Waals surface area contributed by atoms with Crippen molar-refractivity contribution in [2.45, 2.75) is 39.2 Å². The Hall–Kier alpha value is -2.03. The van der Waals surface area contributed by atoms with Gasteiger partial charge >= 0.3 is 5.97 Å². The Labute approximate surface area is 138 Å². The molecule has 0 bridgehead atoms. The number of carbonyl (C=O) groups is 3. The van der Waals surface area contributed by atoms with Crippen molar-refractivity contribution in [1.82, 2.24) is 10.5 Å². The second kappa shape index (κ2) is 9.88. The number of anilines is 1. The molecule has 1 aromatic heterocycles. The van der Waals surface area contributed by atoms with Crippen LogP contribution in [0.4, 0.5) is 5.82 Å². The summed E-state index contributed by atoms with van der Waals surface area (Å²) in [5.74, 6) is -0.772. The van der Waals surface area contributed by atoms with Gasteiger partial charge in [-0.15, -0.1) is 11.8 Å². The number of unbranched alkanes of at least 4 members (excludes halogenated alkanes) is 1. The fourth-order valence-electron chi connectivity index (χ4n) is 1.74. The second-order valence-electron chi connectivity index (χ2n) is 4.96. The van der Waals surface area contributed by atoms with E-state index in [9.17, 15) is 14.4 Å². The zero-order chi connectivity index (χ0) is 17.2. The van der Waals surface area contributed by atoms with E-state index in [0.717, 1.165) is 24.6 Å². The highest BCUT2D eigenvalue weighted by Crippen LogP contribution is 2.08. The molecule has 0 saturated carbocycles. The van der Waals surface area contributed by atoms with Crippen LogP contribution in [0.1, 0.15) is 31.9 Å². The lowest BCUT2D eigenvalue weighted by Gasteiger charge is -2.13. The third-order valence-electron chi connectivity index (χ3n) is 2.84. The number of hydrogen-bond donors (Lipinski definition) is 3. The summed E-state index contributed by atoms with van der Waals surface area (Å²) in [7, 11) is 0. The van der Waals surface area contributed by atoms with Gasteiger partial charge in [0.2, 0.25) is 11.8 Å². The number of thioether (sulfide) groups is 1. The maximum Gasteiger partial charge on any atom is 0.326 e. The number of rotatable bonds is 10. The van der Waals surface area contributed by atoms with Gasteiger partial charge in [0.1, 0.15) is 11.8 Å². The molecule has 0 aliphatic heterocycles. The van der Waals surface area contributed by atoms with Crippen molar-refractivity contribution in [3.63, 3.8) is 0 Å². The summed E-state index contributed by atoms with van der Waals surface area (Å²) < 4.78 is 4.82. The Balaban J connectivity index is 2.26. The minimum Gasteiger partial charge on any atom is -0.480 e. The van der Waals surface area contributed by atoms with Gasteiger partial charge < -0.3 is 20.3 Å². The average molecular weight is 343 g/mol. The lowest BCUT2D eigenvalue weighted by Crippen LogP contribution is -2.41. The van der Waals surface area contributed by atoms with Crippen molar-refractivity contribution in [1.29, 1.82) is 0 Å². The van der Waals surface area contributed by atoms with Crippen molar-refractivity contribution in [2.24, 2.45) is 0 Å². The summed E-state index contributed by atoms with van der Waals surface area (Å²) in [6.07, 6.45) is 1.98. The van der Waals surface area contributed by atoms with Crippen molar-refractivity contribution in [3.05, 3.63) is 11.8 Å². The molecule has 0 aromatic carbocycles. The van der Waals surface area contributed by atoms with E-state index in [-0.39, 0.29) is 17.4 Å². The van der Waals surface area contributed by atoms with E-state index in [2.05, 4.69) is 15.8 Å². The molecule has 0 spiro atoms. The SMILES string of the molecule is CCCC[C@H](NC(=O)CSCC(=O)Nc1cc(C)on1)C(=O)O. The standard InChI is InChI=1S/C14H21N3O5S/c1-3-4-5-10(14(20)21)15-12(18)7-23-8-13(19)16-11-6-9(2)22-17-11/h6,10H,3-5,7-8H2,1-2H3,(H,15,18)(H,20,21)(H,16,17,19)/t10-/m0/s1. The number of aromatic nitrogens is 1. The third kappa shape index (κ3) is 7.68. The topological polar surface area (TPSA) is 122 Å². The van der Waals surface area contributed by atoms with E-state index in [0.29, 0.717) is 18.0 Å². The van der Waals surface area contributed by atoms with E-state index < -0.39 is 17.9 Å². The molecule has 0 unspecified atom stereocenters. The van der Waals surface area contributed by atoms with Crippen LogP contribution in [0, 0.1) is 6.92 Å². The average Bonchev–Trinajstić information content (AvgIpc) is 2.88. The van der Waals surface area contributed by atoms with Gasteiger partial charge in [-0.05, 0) is 13.3 Å². The Morgan fingerprint density at radius 1 is 1.35 bits per heavy atom. The van der Waals surface area contributed by atoms with E-state index in [1.165, 1.54) is 0 Å². The summed E-state index contributed by atoms with van der Waals surface area (Å²) in [5.41, 5.74) is 0. The number of amides is 2. The fourth-order valence-corrected chi connectivity index (χ4v) is 2.37. The molecule has 0 saturated heterocycles. The first-order chi connectivity index (χ1) is 10.9. The third-order valence-corrected chi connectivity index (χ3v) is 3.77. The Bertz CT molecular complexity index is 546. The summed E-state index contributed by atoms with van der Waals surface area (Å²) >= 11 is 1.10. The molecule has 128 valence electrons. The predicted octanol–water partition coefficient (Wildman–Crippen LogP) is 1.41. The Kier molecular flexibility index (Phi) is 8.17. The number of carboxylic acid groups (broad SMARTS) is 1. The molecular weight excluding hydrogens is 322 g/mol. The zero-order valence-electron chi connectivity index (χ0n) is 13.1. The van der Waals surface area contributed by atoms with Crippen LogP contribution in [0.25, 0.3) is 0 Å². The smallest absolute Gasteiger partial charge is 0.326 e. The largest absolute Gasteiger partial charge is 0.480 e. The van der Waals surface area contributed by atoms with E-state index in [1.807, 2.05) is 6.92 Å². The molecule has 0 fully saturated rings. The number of aliphatic carboxylic acids is 1. The molecule has 1 aromatic rings. The van der Waals surface area contributed by atoms with Crippen LogP contribution < -0.4 is 10.6 Å². The molecule has 3 N–H and O–H groups in total. The monoisotopic (exact) mass is 343 g/mol. The summed E-state index contributed by atoms with van der Waals surface area (Å²) in [4.78, 5) is 34.4. The molecule has 1 heterocycles. The van der Waals surface area contributed by atoms with E-state index in [1.54, 1.807) is 13.0 Å². The number of nitrogens with zero attached hydrogens (tertiary/aromatic N) is 1. The number of carboxylic acids is 1. The quantitative estimate of drug-likeness (QED) is 0.587. The first kappa shape index (κ1) is 19.0. The predicted molar refractivity (Wildman–Crippen MR) is 86.3 cm³/mol. The van der Waals surface area contributed by atoms with E-state index >= 15 is 0 Å². The van der Waals surface area contributed by atoms with Gasteiger partial charge in [-0.2, -0.15) is 0 Å². The van der Waals surface area contributed by atoms with Crippen LogP contribution in [0.2, 0.25) is 0 Å². The van der Waals surface area contributed by atoms with Crippen LogP contribution in [0.5, 0.6) is 0 Å². The molecule has 2 amide bonds. The molecule has 0 aliphatic carbocycles. The molecule has 8 nitrogen and oxygen atoms in total. The maximum absolute atomic E-state index is 11.7. The lowest BCUT2D eigenvalue weighted by atomic mass is 10.1. The summed E-state index contributed by atoms with van der Waals surface area (Å²) in [6.45, 7) is 3.66. The van der Waals surface area contributed by atoms with Crippen molar-refractivity contribution < 1.29 is 24.0 Å². The number of nitrogens with one attached hydrogen (secondary N) is 2. The lowest BCUT2D eigenvalue weighted by molar-refractivity contribution is -0.141. The minimum absolute atomic E-state index is 0.0150. The number of aryl methyl sites for hydroxylation is 1. The van der Waals surface area contributed by atoms with Crippen molar-refractivity contribution in [3.8, 4) is 0 Å². The Morgan fingerprint density at radius 3 is 2.61 bits per heavy atom. The Morgan fingerprint density at radius 2 is 2.04 bits per heavy atom. The fraction of sp³-hybridized carbons (Fsp3) is 0.571. The molecule has 1 atom stereocenters. The first-order valence-electron chi connectivity index (χ1n) is 7.25. The van der Waals surface area contributed by atoms with Crippen LogP contribution >= 0.6 is 11.8 Å². The van der Waals surface area contributed by atoms with Gasteiger partial charge in [-0.3, -0.25) is 9.59 Å². The highest BCUT2D eigenvalue weighted by atomic mass is 32.2. The van der Waals surface area contributed by atoms with Crippen LogP contribution in [-0.4, -0.2) is 45.6 Å². The molecular formula is C14H21N3O5S. The van der Waals surface area contributed by atoms with Gasteiger partial charge in [0.15, 0.2) is 5.82 Å². The van der Waals surface area contributed by atoms with Crippen LogP contribution in [-0.2, 0) is 14.4 Å². The molecule has 0 aliphatic rings.